The first-order chi connectivity index (χ1) is 16.6. The maximum atomic E-state index is 12.9. The van der Waals surface area contributed by atoms with Crippen LogP contribution in [0.25, 0.3) is 0 Å². The maximum Gasteiger partial charge on any atom is 0.227 e. The molecule has 0 radical (unpaired) electrons. The van der Waals surface area contributed by atoms with Gasteiger partial charge in [-0.05, 0) is 30.7 Å². The Morgan fingerprint density at radius 1 is 1.12 bits per heavy atom. The van der Waals surface area contributed by atoms with E-state index in [1.807, 2.05) is 42.2 Å². The van der Waals surface area contributed by atoms with Gasteiger partial charge in [0.25, 0.3) is 0 Å². The van der Waals surface area contributed by atoms with Gasteiger partial charge in [0.2, 0.25) is 5.91 Å². The Kier molecular flexibility index (Phi) is 8.08. The minimum Gasteiger partial charge on any atom is -0.496 e. The van der Waals surface area contributed by atoms with Crippen molar-refractivity contribution in [2.45, 2.75) is 26.4 Å². The van der Waals surface area contributed by atoms with Crippen molar-refractivity contribution in [1.82, 2.24) is 19.6 Å². The molecular weight excluding hydrogens is 452 g/mol. The predicted molar refractivity (Wildman–Crippen MR) is 133 cm³/mol. The molecule has 8 heteroatoms. The number of benzene rings is 2. The third kappa shape index (κ3) is 6.10. The first-order valence-electron chi connectivity index (χ1n) is 11.6. The number of hydrogen-bond donors (Lipinski definition) is 0. The van der Waals surface area contributed by atoms with Crippen LogP contribution in [-0.2, 0) is 24.3 Å². The van der Waals surface area contributed by atoms with E-state index in [1.54, 1.807) is 24.2 Å². The second-order valence-corrected chi connectivity index (χ2v) is 8.82. The van der Waals surface area contributed by atoms with E-state index in [9.17, 15) is 4.79 Å². The molecule has 1 amide bonds. The van der Waals surface area contributed by atoms with Crippen molar-refractivity contribution in [3.8, 4) is 11.5 Å². The van der Waals surface area contributed by atoms with Gasteiger partial charge in [-0.25, -0.2) is 0 Å². The molecule has 1 aliphatic heterocycles. The molecule has 2 aromatic carbocycles. The lowest BCUT2D eigenvalue weighted by atomic mass is 10.1. The molecule has 0 saturated carbocycles. The number of likely N-dealkylation sites (N-methyl/N-ethyl adjacent to an activating group) is 1. The van der Waals surface area contributed by atoms with Crippen LogP contribution in [0.3, 0.4) is 0 Å². The second kappa shape index (κ2) is 11.4. The van der Waals surface area contributed by atoms with Gasteiger partial charge in [0.15, 0.2) is 0 Å². The Labute approximate surface area is 205 Å². The van der Waals surface area contributed by atoms with Crippen molar-refractivity contribution < 1.29 is 14.3 Å². The van der Waals surface area contributed by atoms with E-state index < -0.39 is 0 Å². The number of para-hydroxylation sites is 1. The number of hydrogen-bond acceptors (Lipinski definition) is 5. The molecule has 0 atom stereocenters. The smallest absolute Gasteiger partial charge is 0.227 e. The minimum atomic E-state index is 0.130. The highest BCUT2D eigenvalue weighted by atomic mass is 35.5. The standard InChI is InChI=1S/C26H31ClN4O3/c1-3-30-11-10-29(12-13-34-25-7-5-4-6-21(25)15-26(30)32)17-20-8-9-24(33-2)22(14-20)18-31-19-23(27)16-28-31/h4-9,14,16,19H,3,10-13,15,17-18H2,1-2H3. The van der Waals surface area contributed by atoms with Gasteiger partial charge in [0.1, 0.15) is 18.1 Å². The Morgan fingerprint density at radius 2 is 1.97 bits per heavy atom. The van der Waals surface area contributed by atoms with Gasteiger partial charge >= 0.3 is 0 Å². The van der Waals surface area contributed by atoms with Gasteiger partial charge in [-0.15, -0.1) is 0 Å². The lowest BCUT2D eigenvalue weighted by Gasteiger charge is -2.27. The number of amides is 1. The summed E-state index contributed by atoms with van der Waals surface area (Å²) in [4.78, 5) is 17.2. The largest absolute Gasteiger partial charge is 0.496 e. The number of fused-ring (bicyclic) bond motifs is 1. The average molecular weight is 483 g/mol. The molecule has 34 heavy (non-hydrogen) atoms. The molecule has 3 aromatic rings. The summed E-state index contributed by atoms with van der Waals surface area (Å²) >= 11 is 6.03. The average Bonchev–Trinajstić information content (AvgIpc) is 3.23. The molecule has 0 fully saturated rings. The highest BCUT2D eigenvalue weighted by molar-refractivity contribution is 6.30. The third-order valence-electron chi connectivity index (χ3n) is 6.09. The number of carbonyl (C=O) groups excluding carboxylic acids is 1. The van der Waals surface area contributed by atoms with Crippen LogP contribution in [0.15, 0.2) is 54.9 Å². The zero-order valence-electron chi connectivity index (χ0n) is 19.7. The van der Waals surface area contributed by atoms with E-state index in [-0.39, 0.29) is 5.91 Å². The number of carbonyl (C=O) groups is 1. The third-order valence-corrected chi connectivity index (χ3v) is 6.28. The van der Waals surface area contributed by atoms with E-state index in [2.05, 4.69) is 22.1 Å². The molecule has 7 nitrogen and oxygen atoms in total. The number of methoxy groups -OCH3 is 1. The molecule has 0 aliphatic carbocycles. The van der Waals surface area contributed by atoms with Gasteiger partial charge in [-0.2, -0.15) is 5.10 Å². The molecule has 2 heterocycles. The lowest BCUT2D eigenvalue weighted by Crippen LogP contribution is -2.39. The number of nitrogens with zero attached hydrogens (tertiary/aromatic N) is 4. The van der Waals surface area contributed by atoms with Crippen LogP contribution in [-0.4, -0.2) is 65.4 Å². The Bertz CT molecular complexity index is 1120. The number of halogens is 1. The number of aromatic nitrogens is 2. The van der Waals surface area contributed by atoms with Gasteiger partial charge in [0, 0.05) is 50.0 Å². The lowest BCUT2D eigenvalue weighted by molar-refractivity contribution is -0.130. The minimum absolute atomic E-state index is 0.130. The zero-order valence-corrected chi connectivity index (χ0v) is 20.5. The van der Waals surface area contributed by atoms with E-state index in [0.717, 1.165) is 42.3 Å². The van der Waals surface area contributed by atoms with Crippen LogP contribution >= 0.6 is 11.6 Å². The SMILES string of the molecule is CCN1CCN(Cc2ccc(OC)c(Cn3cc(Cl)cn3)c2)CCOc2ccccc2CC1=O. The van der Waals surface area contributed by atoms with Gasteiger partial charge < -0.3 is 14.4 Å². The fourth-order valence-corrected chi connectivity index (χ4v) is 4.41. The van der Waals surface area contributed by atoms with Crippen molar-refractivity contribution >= 4 is 17.5 Å². The summed E-state index contributed by atoms with van der Waals surface area (Å²) in [6.07, 6.45) is 3.79. The van der Waals surface area contributed by atoms with Crippen LogP contribution in [0.4, 0.5) is 0 Å². The van der Waals surface area contributed by atoms with Gasteiger partial charge in [-0.3, -0.25) is 14.4 Å². The van der Waals surface area contributed by atoms with Crippen molar-refractivity contribution in [3.63, 3.8) is 0 Å². The monoisotopic (exact) mass is 482 g/mol. The van der Waals surface area contributed by atoms with Crippen LogP contribution in [0.5, 0.6) is 11.5 Å². The van der Waals surface area contributed by atoms with Crippen LogP contribution in [0.1, 0.15) is 23.6 Å². The first kappa shape index (κ1) is 24.1. The molecule has 180 valence electrons. The molecule has 1 aliphatic rings. The van der Waals surface area contributed by atoms with Crippen molar-refractivity contribution in [1.29, 1.82) is 0 Å². The predicted octanol–water partition coefficient (Wildman–Crippen LogP) is 3.88. The Balaban J connectivity index is 1.51. The quantitative estimate of drug-likeness (QED) is 0.533. The van der Waals surface area contributed by atoms with E-state index in [4.69, 9.17) is 21.1 Å². The van der Waals surface area contributed by atoms with Crippen LogP contribution in [0.2, 0.25) is 5.02 Å². The number of ether oxygens (including phenoxy) is 2. The highest BCUT2D eigenvalue weighted by Gasteiger charge is 2.19. The van der Waals surface area contributed by atoms with Crippen molar-refractivity contribution in [3.05, 3.63) is 76.6 Å². The molecule has 0 saturated heterocycles. The van der Waals surface area contributed by atoms with Gasteiger partial charge in [-0.1, -0.05) is 35.9 Å². The first-order valence-corrected chi connectivity index (χ1v) is 12.0. The Hall–Kier alpha value is -3.03. The van der Waals surface area contributed by atoms with E-state index in [1.165, 1.54) is 5.56 Å². The normalized spacial score (nSPS) is 15.4. The zero-order chi connectivity index (χ0) is 23.9. The molecule has 0 N–H and O–H groups in total. The summed E-state index contributed by atoms with van der Waals surface area (Å²) in [5.74, 6) is 1.74. The van der Waals surface area contributed by atoms with Crippen molar-refractivity contribution in [2.24, 2.45) is 0 Å². The maximum absolute atomic E-state index is 12.9. The molecule has 0 unspecified atom stereocenters. The molecule has 1 aromatic heterocycles. The fourth-order valence-electron chi connectivity index (χ4n) is 4.25. The fraction of sp³-hybridized carbons (Fsp3) is 0.385. The summed E-state index contributed by atoms with van der Waals surface area (Å²) in [5.41, 5.74) is 3.14. The molecule has 0 spiro atoms. The Morgan fingerprint density at radius 3 is 2.74 bits per heavy atom. The van der Waals surface area contributed by atoms with E-state index in [0.29, 0.717) is 37.7 Å². The topological polar surface area (TPSA) is 59.8 Å². The summed E-state index contributed by atoms with van der Waals surface area (Å²) in [6, 6.07) is 14.1. The summed E-state index contributed by atoms with van der Waals surface area (Å²) in [5, 5.41) is 4.90. The van der Waals surface area contributed by atoms with Crippen LogP contribution in [0, 0.1) is 0 Å². The second-order valence-electron chi connectivity index (χ2n) is 8.38. The molecular formula is C26H31ClN4O3. The van der Waals surface area contributed by atoms with Crippen molar-refractivity contribution in [2.75, 3.05) is 39.9 Å². The summed E-state index contributed by atoms with van der Waals surface area (Å²) < 4.78 is 13.5. The highest BCUT2D eigenvalue weighted by Crippen LogP contribution is 2.23. The van der Waals surface area contributed by atoms with E-state index >= 15 is 0 Å². The van der Waals surface area contributed by atoms with Gasteiger partial charge in [0.05, 0.1) is 31.3 Å². The van der Waals surface area contributed by atoms with Crippen LogP contribution < -0.4 is 9.47 Å². The number of rotatable bonds is 6. The summed E-state index contributed by atoms with van der Waals surface area (Å²) in [6.45, 7) is 6.82. The molecule has 4 rings (SSSR count). The molecule has 0 bridgehead atoms. The summed E-state index contributed by atoms with van der Waals surface area (Å²) in [7, 11) is 1.67.